The van der Waals surface area contributed by atoms with Crippen LogP contribution in [0, 0.1) is 23.2 Å². The predicted octanol–water partition coefficient (Wildman–Crippen LogP) is 3.04. The molecule has 2 N–H and O–H groups in total. The average Bonchev–Trinajstić information content (AvgIpc) is 2.03. The standard InChI is InChI=1S/C12H25N/c1-9(2)11-6-5-10(3)7-12(11,4)8-13/h9-11H,5-8,13H2,1-4H3/t10-,11-,12-/m1/s1. The summed E-state index contributed by atoms with van der Waals surface area (Å²) in [4.78, 5) is 0. The Labute approximate surface area is 83.1 Å². The van der Waals surface area contributed by atoms with Crippen LogP contribution in [0.15, 0.2) is 0 Å². The van der Waals surface area contributed by atoms with Crippen molar-refractivity contribution in [2.24, 2.45) is 28.9 Å². The Morgan fingerprint density at radius 3 is 2.46 bits per heavy atom. The first-order chi connectivity index (χ1) is 5.99. The topological polar surface area (TPSA) is 26.0 Å². The van der Waals surface area contributed by atoms with Crippen LogP contribution in [-0.2, 0) is 0 Å². The molecular formula is C12H25N. The molecule has 0 saturated heterocycles. The lowest BCUT2D eigenvalue weighted by Crippen LogP contribution is -2.42. The van der Waals surface area contributed by atoms with Crippen LogP contribution < -0.4 is 5.73 Å². The molecule has 13 heavy (non-hydrogen) atoms. The second kappa shape index (κ2) is 4.00. The van der Waals surface area contributed by atoms with E-state index in [1.54, 1.807) is 0 Å². The highest BCUT2D eigenvalue weighted by atomic mass is 14.6. The van der Waals surface area contributed by atoms with Crippen LogP contribution >= 0.6 is 0 Å². The first-order valence-electron chi connectivity index (χ1n) is 5.69. The van der Waals surface area contributed by atoms with E-state index in [0.29, 0.717) is 5.41 Å². The fourth-order valence-electron chi connectivity index (χ4n) is 3.23. The Kier molecular flexibility index (Phi) is 3.39. The molecule has 0 aromatic rings. The van der Waals surface area contributed by atoms with E-state index >= 15 is 0 Å². The molecule has 1 heteroatoms. The molecule has 1 saturated carbocycles. The normalized spacial score (nSPS) is 41.1. The monoisotopic (exact) mass is 183 g/mol. The van der Waals surface area contributed by atoms with E-state index in [1.807, 2.05) is 0 Å². The van der Waals surface area contributed by atoms with E-state index in [0.717, 1.165) is 24.3 Å². The second-order valence-electron chi connectivity index (χ2n) is 5.60. The molecule has 0 aromatic carbocycles. The summed E-state index contributed by atoms with van der Waals surface area (Å²) in [6.07, 6.45) is 4.11. The molecule has 0 spiro atoms. The lowest BCUT2D eigenvalue weighted by atomic mass is 9.61. The molecule has 0 aromatic heterocycles. The van der Waals surface area contributed by atoms with E-state index in [-0.39, 0.29) is 0 Å². The van der Waals surface area contributed by atoms with Crippen molar-refractivity contribution in [1.29, 1.82) is 0 Å². The third-order valence-corrected chi connectivity index (χ3v) is 3.95. The Morgan fingerprint density at radius 1 is 1.38 bits per heavy atom. The van der Waals surface area contributed by atoms with Gasteiger partial charge in [-0.05, 0) is 42.6 Å². The van der Waals surface area contributed by atoms with Crippen molar-refractivity contribution in [3.63, 3.8) is 0 Å². The predicted molar refractivity (Wildman–Crippen MR) is 58.5 cm³/mol. The van der Waals surface area contributed by atoms with Gasteiger partial charge in [0.25, 0.3) is 0 Å². The first-order valence-corrected chi connectivity index (χ1v) is 5.69. The number of hydrogen-bond donors (Lipinski definition) is 1. The summed E-state index contributed by atoms with van der Waals surface area (Å²) < 4.78 is 0. The first kappa shape index (κ1) is 11.0. The van der Waals surface area contributed by atoms with Crippen LogP contribution in [0.25, 0.3) is 0 Å². The van der Waals surface area contributed by atoms with Gasteiger partial charge in [-0.2, -0.15) is 0 Å². The molecule has 0 unspecified atom stereocenters. The molecule has 0 heterocycles. The summed E-state index contributed by atoms with van der Waals surface area (Å²) >= 11 is 0. The van der Waals surface area contributed by atoms with E-state index < -0.39 is 0 Å². The molecule has 3 atom stereocenters. The van der Waals surface area contributed by atoms with Crippen molar-refractivity contribution >= 4 is 0 Å². The molecule has 1 aliphatic rings. The van der Waals surface area contributed by atoms with Gasteiger partial charge in [-0.25, -0.2) is 0 Å². The summed E-state index contributed by atoms with van der Waals surface area (Å²) in [5.41, 5.74) is 6.34. The minimum absolute atomic E-state index is 0.409. The maximum absolute atomic E-state index is 5.93. The summed E-state index contributed by atoms with van der Waals surface area (Å²) in [6.45, 7) is 10.3. The van der Waals surface area contributed by atoms with Crippen LogP contribution in [0.2, 0.25) is 0 Å². The molecule has 1 fully saturated rings. The fraction of sp³-hybridized carbons (Fsp3) is 1.00. The third-order valence-electron chi connectivity index (χ3n) is 3.95. The minimum atomic E-state index is 0.409. The maximum atomic E-state index is 5.93. The van der Waals surface area contributed by atoms with Crippen LogP contribution in [0.3, 0.4) is 0 Å². The van der Waals surface area contributed by atoms with E-state index in [9.17, 15) is 0 Å². The SMILES string of the molecule is CC(C)[C@H]1CC[C@@H](C)C[C@]1(C)CN. The van der Waals surface area contributed by atoms with Gasteiger partial charge in [0.2, 0.25) is 0 Å². The van der Waals surface area contributed by atoms with Crippen molar-refractivity contribution in [2.75, 3.05) is 6.54 Å². The van der Waals surface area contributed by atoms with Crippen molar-refractivity contribution in [3.05, 3.63) is 0 Å². The molecule has 78 valence electrons. The van der Waals surface area contributed by atoms with E-state index in [2.05, 4.69) is 27.7 Å². The Hall–Kier alpha value is -0.0400. The Morgan fingerprint density at radius 2 is 2.00 bits per heavy atom. The Bertz CT molecular complexity index is 165. The minimum Gasteiger partial charge on any atom is -0.330 e. The van der Waals surface area contributed by atoms with Crippen molar-refractivity contribution < 1.29 is 0 Å². The molecule has 0 bridgehead atoms. The maximum Gasteiger partial charge on any atom is -0.00203 e. The smallest absolute Gasteiger partial charge is 0.00203 e. The van der Waals surface area contributed by atoms with Crippen molar-refractivity contribution in [1.82, 2.24) is 0 Å². The molecular weight excluding hydrogens is 158 g/mol. The van der Waals surface area contributed by atoms with E-state index in [1.165, 1.54) is 19.3 Å². The van der Waals surface area contributed by atoms with Gasteiger partial charge in [0.15, 0.2) is 0 Å². The van der Waals surface area contributed by atoms with Gasteiger partial charge in [0.05, 0.1) is 0 Å². The van der Waals surface area contributed by atoms with Crippen molar-refractivity contribution in [2.45, 2.75) is 47.0 Å². The highest BCUT2D eigenvalue weighted by Crippen LogP contribution is 2.46. The second-order valence-corrected chi connectivity index (χ2v) is 5.60. The number of nitrogens with two attached hydrogens (primary N) is 1. The molecule has 0 amide bonds. The van der Waals surface area contributed by atoms with Crippen LogP contribution in [0.1, 0.15) is 47.0 Å². The van der Waals surface area contributed by atoms with Gasteiger partial charge in [-0.15, -0.1) is 0 Å². The van der Waals surface area contributed by atoms with Gasteiger partial charge in [0.1, 0.15) is 0 Å². The molecule has 1 rings (SSSR count). The van der Waals surface area contributed by atoms with Crippen LogP contribution in [0.4, 0.5) is 0 Å². The summed E-state index contributed by atoms with van der Waals surface area (Å²) in [5.74, 6) is 2.51. The number of hydrogen-bond acceptors (Lipinski definition) is 1. The molecule has 0 radical (unpaired) electrons. The van der Waals surface area contributed by atoms with Gasteiger partial charge in [0, 0.05) is 0 Å². The fourth-order valence-corrected chi connectivity index (χ4v) is 3.23. The highest BCUT2D eigenvalue weighted by Gasteiger charge is 2.39. The zero-order chi connectivity index (χ0) is 10.1. The van der Waals surface area contributed by atoms with E-state index in [4.69, 9.17) is 5.73 Å². The molecule has 0 aliphatic heterocycles. The molecule has 1 aliphatic carbocycles. The average molecular weight is 183 g/mol. The summed E-state index contributed by atoms with van der Waals surface area (Å²) in [5, 5.41) is 0. The zero-order valence-electron chi connectivity index (χ0n) is 9.64. The lowest BCUT2D eigenvalue weighted by Gasteiger charge is -2.45. The van der Waals surface area contributed by atoms with Crippen LogP contribution in [-0.4, -0.2) is 6.54 Å². The zero-order valence-corrected chi connectivity index (χ0v) is 9.64. The summed E-state index contributed by atoms with van der Waals surface area (Å²) in [6, 6.07) is 0. The van der Waals surface area contributed by atoms with Gasteiger partial charge < -0.3 is 5.73 Å². The summed E-state index contributed by atoms with van der Waals surface area (Å²) in [7, 11) is 0. The lowest BCUT2D eigenvalue weighted by molar-refractivity contribution is 0.0570. The van der Waals surface area contributed by atoms with Gasteiger partial charge in [-0.1, -0.05) is 34.1 Å². The Balaban J connectivity index is 2.72. The quantitative estimate of drug-likeness (QED) is 0.699. The highest BCUT2D eigenvalue weighted by molar-refractivity contribution is 4.90. The molecule has 1 nitrogen and oxygen atoms in total. The van der Waals surface area contributed by atoms with Crippen molar-refractivity contribution in [3.8, 4) is 0 Å². The third kappa shape index (κ3) is 2.25. The van der Waals surface area contributed by atoms with Gasteiger partial charge in [-0.3, -0.25) is 0 Å². The number of rotatable bonds is 2. The van der Waals surface area contributed by atoms with Gasteiger partial charge >= 0.3 is 0 Å². The van der Waals surface area contributed by atoms with Crippen LogP contribution in [0.5, 0.6) is 0 Å². The largest absolute Gasteiger partial charge is 0.330 e.